The third-order valence-electron chi connectivity index (χ3n) is 3.17. The zero-order valence-corrected chi connectivity index (χ0v) is 10.9. The molecule has 1 aliphatic rings. The van der Waals surface area contributed by atoms with Crippen LogP contribution >= 0.6 is 0 Å². The molecule has 6 nitrogen and oxygen atoms in total. The van der Waals surface area contributed by atoms with Gasteiger partial charge in [-0.15, -0.1) is 0 Å². The van der Waals surface area contributed by atoms with Crippen LogP contribution < -0.4 is 5.32 Å². The first-order chi connectivity index (χ1) is 8.40. The Hall–Kier alpha value is -1.85. The number of hydrogen-bond acceptors (Lipinski definition) is 3. The highest BCUT2D eigenvalue weighted by atomic mass is 16.2. The van der Waals surface area contributed by atoms with Gasteiger partial charge in [-0.1, -0.05) is 0 Å². The molecule has 0 saturated carbocycles. The molecule has 0 unspecified atom stereocenters. The first-order valence-electron chi connectivity index (χ1n) is 5.97. The fourth-order valence-electron chi connectivity index (χ4n) is 2.16. The lowest BCUT2D eigenvalue weighted by atomic mass is 10.0. The second-order valence-electron chi connectivity index (χ2n) is 5.10. The summed E-state index contributed by atoms with van der Waals surface area (Å²) >= 11 is 0. The minimum atomic E-state index is -0.804. The molecule has 0 atom stereocenters. The average molecular weight is 250 g/mol. The lowest BCUT2D eigenvalue weighted by Crippen LogP contribution is -2.64. The molecule has 1 aliphatic heterocycles. The molecule has 6 heteroatoms. The second kappa shape index (κ2) is 4.44. The number of amides is 2. The van der Waals surface area contributed by atoms with Crippen LogP contribution in [0, 0.1) is 0 Å². The van der Waals surface area contributed by atoms with Crippen molar-refractivity contribution in [2.24, 2.45) is 7.05 Å². The molecule has 18 heavy (non-hydrogen) atoms. The summed E-state index contributed by atoms with van der Waals surface area (Å²) in [4.78, 5) is 25.3. The molecule has 2 amide bonds. The van der Waals surface area contributed by atoms with E-state index < -0.39 is 5.54 Å². The maximum absolute atomic E-state index is 12.1. The fraction of sp³-hybridized carbons (Fsp3) is 0.583. The van der Waals surface area contributed by atoms with Crippen molar-refractivity contribution >= 4 is 11.8 Å². The van der Waals surface area contributed by atoms with Gasteiger partial charge in [0.05, 0.1) is 6.54 Å². The third-order valence-corrected chi connectivity index (χ3v) is 3.17. The van der Waals surface area contributed by atoms with Crippen LogP contribution in [0.2, 0.25) is 0 Å². The Labute approximate surface area is 106 Å². The van der Waals surface area contributed by atoms with E-state index in [1.165, 1.54) is 0 Å². The molecule has 0 spiro atoms. The predicted molar refractivity (Wildman–Crippen MR) is 65.7 cm³/mol. The lowest BCUT2D eigenvalue weighted by Gasteiger charge is -2.37. The van der Waals surface area contributed by atoms with E-state index in [0.29, 0.717) is 13.0 Å². The summed E-state index contributed by atoms with van der Waals surface area (Å²) in [5.74, 6) is -0.145. The van der Waals surface area contributed by atoms with Crippen LogP contribution in [0.4, 0.5) is 0 Å². The minimum absolute atomic E-state index is 0.0377. The Balaban J connectivity index is 2.02. The van der Waals surface area contributed by atoms with Gasteiger partial charge in [0.25, 0.3) is 0 Å². The average Bonchev–Trinajstić information content (AvgIpc) is 2.67. The van der Waals surface area contributed by atoms with Gasteiger partial charge in [0.1, 0.15) is 5.54 Å². The maximum atomic E-state index is 12.1. The minimum Gasteiger partial charge on any atom is -0.341 e. The number of nitrogens with one attached hydrogen (secondary N) is 1. The Morgan fingerprint density at radius 2 is 2.17 bits per heavy atom. The topological polar surface area (TPSA) is 67.2 Å². The summed E-state index contributed by atoms with van der Waals surface area (Å²) in [7, 11) is 1.87. The monoisotopic (exact) mass is 250 g/mol. The highest BCUT2D eigenvalue weighted by Crippen LogP contribution is 2.13. The van der Waals surface area contributed by atoms with Crippen LogP contribution in [-0.4, -0.2) is 45.1 Å². The van der Waals surface area contributed by atoms with Gasteiger partial charge in [0.15, 0.2) is 0 Å². The molecule has 1 fully saturated rings. The molecule has 0 radical (unpaired) electrons. The number of carbonyl (C=O) groups is 2. The molecule has 1 N–H and O–H groups in total. The van der Waals surface area contributed by atoms with Crippen molar-refractivity contribution in [3.8, 4) is 0 Å². The van der Waals surface area contributed by atoms with Crippen molar-refractivity contribution < 1.29 is 9.59 Å². The Bertz CT molecular complexity index is 478. The molecule has 1 aromatic rings. The van der Waals surface area contributed by atoms with Crippen LogP contribution in [-0.2, 0) is 23.1 Å². The van der Waals surface area contributed by atoms with Crippen molar-refractivity contribution in [1.29, 1.82) is 0 Å². The van der Waals surface area contributed by atoms with Crippen molar-refractivity contribution in [2.45, 2.75) is 25.8 Å². The van der Waals surface area contributed by atoms with Gasteiger partial charge in [-0.3, -0.25) is 14.3 Å². The van der Waals surface area contributed by atoms with Gasteiger partial charge in [-0.2, -0.15) is 5.10 Å². The van der Waals surface area contributed by atoms with Crippen molar-refractivity contribution in [1.82, 2.24) is 20.0 Å². The van der Waals surface area contributed by atoms with E-state index in [2.05, 4.69) is 10.4 Å². The van der Waals surface area contributed by atoms with E-state index in [4.69, 9.17) is 0 Å². The number of hydrogen-bond donors (Lipinski definition) is 1. The standard InChI is InChI=1S/C12H18N4O2/c1-12(2)11(18)16(8-10(17)14-12)7-5-9-4-6-13-15(9)3/h4,6H,5,7-8H2,1-3H3,(H,14,17). The van der Waals surface area contributed by atoms with Gasteiger partial charge >= 0.3 is 0 Å². The van der Waals surface area contributed by atoms with Crippen molar-refractivity contribution in [3.05, 3.63) is 18.0 Å². The van der Waals surface area contributed by atoms with Crippen molar-refractivity contribution in [3.63, 3.8) is 0 Å². The summed E-state index contributed by atoms with van der Waals surface area (Å²) < 4.78 is 1.78. The number of rotatable bonds is 3. The SMILES string of the molecule is Cn1nccc1CCN1CC(=O)NC(C)(C)C1=O. The van der Waals surface area contributed by atoms with E-state index in [1.807, 2.05) is 13.1 Å². The number of piperazine rings is 1. The molecule has 1 aromatic heterocycles. The van der Waals surface area contributed by atoms with E-state index in [1.54, 1.807) is 29.6 Å². The quantitative estimate of drug-likeness (QED) is 0.801. The zero-order chi connectivity index (χ0) is 13.3. The van der Waals surface area contributed by atoms with E-state index in [0.717, 1.165) is 5.69 Å². The molecular formula is C12H18N4O2. The normalized spacial score (nSPS) is 18.9. The zero-order valence-electron chi connectivity index (χ0n) is 10.9. The number of aryl methyl sites for hydroxylation is 1. The molecule has 2 rings (SSSR count). The third kappa shape index (κ3) is 2.37. The number of nitrogens with zero attached hydrogens (tertiary/aromatic N) is 3. The largest absolute Gasteiger partial charge is 0.341 e. The van der Waals surface area contributed by atoms with Crippen molar-refractivity contribution in [2.75, 3.05) is 13.1 Å². The van der Waals surface area contributed by atoms with E-state index >= 15 is 0 Å². The maximum Gasteiger partial charge on any atom is 0.248 e. The molecule has 0 aliphatic carbocycles. The number of carbonyl (C=O) groups excluding carboxylic acids is 2. The summed E-state index contributed by atoms with van der Waals surface area (Å²) in [5.41, 5.74) is 0.244. The molecule has 98 valence electrons. The highest BCUT2D eigenvalue weighted by Gasteiger charge is 2.38. The van der Waals surface area contributed by atoms with Crippen LogP contribution in [0.25, 0.3) is 0 Å². The predicted octanol–water partition coefficient (Wildman–Crippen LogP) is -0.300. The molecule has 1 saturated heterocycles. The first-order valence-corrected chi connectivity index (χ1v) is 5.97. The first kappa shape index (κ1) is 12.6. The Morgan fingerprint density at radius 3 is 2.78 bits per heavy atom. The van der Waals surface area contributed by atoms with Crippen LogP contribution in [0.1, 0.15) is 19.5 Å². The summed E-state index contributed by atoms with van der Waals surface area (Å²) in [6.07, 6.45) is 2.43. The Kier molecular flexibility index (Phi) is 3.11. The fourth-order valence-corrected chi connectivity index (χ4v) is 2.16. The highest BCUT2D eigenvalue weighted by molar-refractivity contribution is 5.97. The number of aromatic nitrogens is 2. The molecule has 2 heterocycles. The van der Waals surface area contributed by atoms with E-state index in [9.17, 15) is 9.59 Å². The van der Waals surface area contributed by atoms with Gasteiger partial charge in [-0.05, 0) is 19.9 Å². The van der Waals surface area contributed by atoms with Crippen LogP contribution in [0.15, 0.2) is 12.3 Å². The van der Waals surface area contributed by atoms with Gasteiger partial charge in [0.2, 0.25) is 11.8 Å². The van der Waals surface area contributed by atoms with E-state index in [-0.39, 0.29) is 18.4 Å². The molecule has 0 bridgehead atoms. The molecular weight excluding hydrogens is 232 g/mol. The Morgan fingerprint density at radius 1 is 1.44 bits per heavy atom. The van der Waals surface area contributed by atoms with Crippen LogP contribution in [0.5, 0.6) is 0 Å². The summed E-state index contributed by atoms with van der Waals surface area (Å²) in [6.45, 7) is 4.13. The van der Waals surface area contributed by atoms with Gasteiger partial charge in [-0.25, -0.2) is 0 Å². The summed E-state index contributed by atoms with van der Waals surface area (Å²) in [6, 6.07) is 1.92. The lowest BCUT2D eigenvalue weighted by molar-refractivity contribution is -0.148. The second-order valence-corrected chi connectivity index (χ2v) is 5.10. The summed E-state index contributed by atoms with van der Waals surface area (Å²) in [5, 5.41) is 6.77. The van der Waals surface area contributed by atoms with Gasteiger partial charge < -0.3 is 10.2 Å². The molecule has 0 aromatic carbocycles. The van der Waals surface area contributed by atoms with Crippen LogP contribution in [0.3, 0.4) is 0 Å². The van der Waals surface area contributed by atoms with Gasteiger partial charge in [0, 0.05) is 31.9 Å². The smallest absolute Gasteiger partial charge is 0.248 e.